The van der Waals surface area contributed by atoms with E-state index in [1.54, 1.807) is 18.5 Å². The third kappa shape index (κ3) is 4.11. The van der Waals surface area contributed by atoms with E-state index < -0.39 is 5.97 Å². The summed E-state index contributed by atoms with van der Waals surface area (Å²) in [7, 11) is 0. The van der Waals surface area contributed by atoms with Crippen molar-refractivity contribution in [2.24, 2.45) is 0 Å². The fourth-order valence-corrected chi connectivity index (χ4v) is 2.57. The molecule has 2 rings (SSSR count). The lowest BCUT2D eigenvalue weighted by atomic mass is 10.2. The second kappa shape index (κ2) is 7.65. The monoisotopic (exact) mass is 319 g/mol. The minimum Gasteiger partial charge on any atom is -0.465 e. The molecule has 0 bridgehead atoms. The van der Waals surface area contributed by atoms with Gasteiger partial charge in [0.25, 0.3) is 5.91 Å². The van der Waals surface area contributed by atoms with Crippen molar-refractivity contribution in [1.82, 2.24) is 15.3 Å². The van der Waals surface area contributed by atoms with Crippen LogP contribution >= 0.6 is 11.3 Å². The Morgan fingerprint density at radius 1 is 1.36 bits per heavy atom. The van der Waals surface area contributed by atoms with Gasteiger partial charge in [0.05, 0.1) is 6.61 Å². The minimum absolute atomic E-state index is 0.158. The van der Waals surface area contributed by atoms with E-state index in [2.05, 4.69) is 15.3 Å². The van der Waals surface area contributed by atoms with Crippen molar-refractivity contribution >= 4 is 23.2 Å². The molecule has 0 aliphatic rings. The van der Waals surface area contributed by atoms with Crippen LogP contribution in [0.2, 0.25) is 0 Å². The molecular formula is C15H17N3O3S. The number of esters is 1. The van der Waals surface area contributed by atoms with Crippen LogP contribution in [0.1, 0.15) is 30.0 Å². The zero-order valence-electron chi connectivity index (χ0n) is 12.5. The standard InChI is InChI=1S/C15H17N3O3S/c1-3-11-7-10(5-6-16-11)15-18-12(9-22-15)14(20)17-8-13(19)21-4-2/h5-7,9H,3-4,8H2,1-2H3,(H,17,20). The molecule has 0 spiro atoms. The van der Waals surface area contributed by atoms with Gasteiger partial charge in [0, 0.05) is 22.8 Å². The zero-order chi connectivity index (χ0) is 15.9. The van der Waals surface area contributed by atoms with Crippen LogP contribution in [0.15, 0.2) is 23.7 Å². The lowest BCUT2D eigenvalue weighted by Gasteiger charge is -2.02. The van der Waals surface area contributed by atoms with Crippen molar-refractivity contribution in [2.45, 2.75) is 20.3 Å². The van der Waals surface area contributed by atoms with Gasteiger partial charge in [-0.25, -0.2) is 4.98 Å². The number of carbonyl (C=O) groups excluding carboxylic acids is 2. The van der Waals surface area contributed by atoms with Crippen molar-refractivity contribution in [1.29, 1.82) is 0 Å². The molecule has 116 valence electrons. The molecule has 0 aromatic carbocycles. The number of pyridine rings is 1. The number of nitrogens with one attached hydrogen (secondary N) is 1. The molecule has 0 saturated heterocycles. The Labute approximate surface area is 132 Å². The first-order chi connectivity index (χ1) is 10.6. The van der Waals surface area contributed by atoms with E-state index in [0.717, 1.165) is 22.7 Å². The molecule has 0 aliphatic heterocycles. The van der Waals surface area contributed by atoms with E-state index in [0.29, 0.717) is 5.69 Å². The molecule has 2 aromatic heterocycles. The van der Waals surface area contributed by atoms with Crippen LogP contribution in [0, 0.1) is 0 Å². The first kappa shape index (κ1) is 16.1. The summed E-state index contributed by atoms with van der Waals surface area (Å²) in [6.07, 6.45) is 2.57. The molecule has 7 heteroatoms. The number of hydrogen-bond donors (Lipinski definition) is 1. The second-order valence-corrected chi connectivity index (χ2v) is 5.27. The Bertz CT molecular complexity index is 670. The van der Waals surface area contributed by atoms with Gasteiger partial charge in [-0.05, 0) is 25.5 Å². The maximum Gasteiger partial charge on any atom is 0.325 e. The number of ether oxygens (including phenoxy) is 1. The molecule has 2 heterocycles. The largest absolute Gasteiger partial charge is 0.465 e. The first-order valence-electron chi connectivity index (χ1n) is 6.98. The van der Waals surface area contributed by atoms with E-state index in [1.807, 2.05) is 19.1 Å². The summed E-state index contributed by atoms with van der Waals surface area (Å²) in [6, 6.07) is 3.82. The molecule has 0 saturated carbocycles. The molecule has 0 unspecified atom stereocenters. The maximum absolute atomic E-state index is 11.9. The number of carbonyl (C=O) groups is 2. The zero-order valence-corrected chi connectivity index (χ0v) is 13.3. The Morgan fingerprint density at radius 3 is 2.91 bits per heavy atom. The van der Waals surface area contributed by atoms with Crippen LogP contribution in [-0.4, -0.2) is 35.0 Å². The Morgan fingerprint density at radius 2 is 2.18 bits per heavy atom. The van der Waals surface area contributed by atoms with Crippen LogP contribution in [0.3, 0.4) is 0 Å². The van der Waals surface area contributed by atoms with Crippen LogP contribution in [-0.2, 0) is 16.0 Å². The summed E-state index contributed by atoms with van der Waals surface area (Å²) in [5.74, 6) is -0.853. The predicted octanol–water partition coefficient (Wildman–Crippen LogP) is 2.06. The summed E-state index contributed by atoms with van der Waals surface area (Å²) < 4.78 is 4.75. The molecule has 6 nitrogen and oxygen atoms in total. The number of hydrogen-bond acceptors (Lipinski definition) is 6. The van der Waals surface area contributed by atoms with Gasteiger partial charge in [-0.1, -0.05) is 6.92 Å². The van der Waals surface area contributed by atoms with Crippen LogP contribution in [0.4, 0.5) is 0 Å². The highest BCUT2D eigenvalue weighted by molar-refractivity contribution is 7.13. The third-order valence-corrected chi connectivity index (χ3v) is 3.75. The van der Waals surface area contributed by atoms with Gasteiger partial charge in [-0.15, -0.1) is 11.3 Å². The Hall–Kier alpha value is -2.28. The SMILES string of the molecule is CCOC(=O)CNC(=O)c1csc(-c2ccnc(CC)c2)n1. The van der Waals surface area contributed by atoms with Gasteiger partial charge in [0.15, 0.2) is 0 Å². The van der Waals surface area contributed by atoms with Gasteiger partial charge in [-0.2, -0.15) is 0 Å². The van der Waals surface area contributed by atoms with Crippen molar-refractivity contribution in [3.05, 3.63) is 35.1 Å². The summed E-state index contributed by atoms with van der Waals surface area (Å²) in [5, 5.41) is 4.91. The van der Waals surface area contributed by atoms with Gasteiger partial charge < -0.3 is 10.1 Å². The van der Waals surface area contributed by atoms with Crippen LogP contribution in [0.5, 0.6) is 0 Å². The number of thiazole rings is 1. The quantitative estimate of drug-likeness (QED) is 0.824. The lowest BCUT2D eigenvalue weighted by molar-refractivity contribution is -0.141. The number of aromatic nitrogens is 2. The van der Waals surface area contributed by atoms with Crippen LogP contribution in [0.25, 0.3) is 10.6 Å². The van der Waals surface area contributed by atoms with E-state index in [9.17, 15) is 9.59 Å². The van der Waals surface area contributed by atoms with Crippen molar-refractivity contribution < 1.29 is 14.3 Å². The number of rotatable bonds is 6. The molecule has 22 heavy (non-hydrogen) atoms. The van der Waals surface area contributed by atoms with Gasteiger partial charge >= 0.3 is 5.97 Å². The molecule has 0 atom stereocenters. The van der Waals surface area contributed by atoms with E-state index >= 15 is 0 Å². The summed E-state index contributed by atoms with van der Waals surface area (Å²) in [5.41, 5.74) is 2.20. The average molecular weight is 319 g/mol. The highest BCUT2D eigenvalue weighted by Gasteiger charge is 2.13. The minimum atomic E-state index is -0.465. The first-order valence-corrected chi connectivity index (χ1v) is 7.86. The normalized spacial score (nSPS) is 10.3. The topological polar surface area (TPSA) is 81.2 Å². The molecular weight excluding hydrogens is 302 g/mol. The number of amides is 1. The fourth-order valence-electron chi connectivity index (χ4n) is 1.77. The van der Waals surface area contributed by atoms with Gasteiger partial charge in [0.1, 0.15) is 17.2 Å². The predicted molar refractivity (Wildman–Crippen MR) is 83.7 cm³/mol. The third-order valence-electron chi connectivity index (χ3n) is 2.86. The van der Waals surface area contributed by atoms with E-state index in [1.165, 1.54) is 11.3 Å². The van der Waals surface area contributed by atoms with E-state index in [4.69, 9.17) is 4.74 Å². The lowest BCUT2D eigenvalue weighted by Crippen LogP contribution is -2.30. The Kier molecular flexibility index (Phi) is 5.60. The Balaban J connectivity index is 2.04. The van der Waals surface area contributed by atoms with Crippen molar-refractivity contribution in [3.8, 4) is 10.6 Å². The van der Waals surface area contributed by atoms with Crippen molar-refractivity contribution in [3.63, 3.8) is 0 Å². The van der Waals surface area contributed by atoms with Crippen LogP contribution < -0.4 is 5.32 Å². The summed E-state index contributed by atoms with van der Waals surface area (Å²) >= 11 is 1.38. The molecule has 1 N–H and O–H groups in total. The number of aryl methyl sites for hydroxylation is 1. The molecule has 1 amide bonds. The highest BCUT2D eigenvalue weighted by atomic mass is 32.1. The molecule has 2 aromatic rings. The number of nitrogens with zero attached hydrogens (tertiary/aromatic N) is 2. The average Bonchev–Trinajstić information content (AvgIpc) is 3.03. The van der Waals surface area contributed by atoms with E-state index in [-0.39, 0.29) is 19.1 Å². The summed E-state index contributed by atoms with van der Waals surface area (Å²) in [6.45, 7) is 3.88. The smallest absolute Gasteiger partial charge is 0.325 e. The molecule has 0 radical (unpaired) electrons. The maximum atomic E-state index is 11.9. The fraction of sp³-hybridized carbons (Fsp3) is 0.333. The van der Waals surface area contributed by atoms with Gasteiger partial charge in [0.2, 0.25) is 0 Å². The molecule has 0 aliphatic carbocycles. The van der Waals surface area contributed by atoms with Gasteiger partial charge in [-0.3, -0.25) is 14.6 Å². The highest BCUT2D eigenvalue weighted by Crippen LogP contribution is 2.23. The summed E-state index contributed by atoms with van der Waals surface area (Å²) in [4.78, 5) is 31.7. The molecule has 0 fully saturated rings. The van der Waals surface area contributed by atoms with Crippen molar-refractivity contribution in [2.75, 3.05) is 13.2 Å². The second-order valence-electron chi connectivity index (χ2n) is 4.42.